The number of carbonyl (C=O) groups excluding carboxylic acids is 2. The van der Waals surface area contributed by atoms with Crippen molar-refractivity contribution in [3.05, 3.63) is 65.5 Å². The molecular formula is C23H24F2N4O4. The topological polar surface area (TPSA) is 96.2 Å². The van der Waals surface area contributed by atoms with E-state index in [1.165, 1.54) is 23.9 Å². The summed E-state index contributed by atoms with van der Waals surface area (Å²) < 4.78 is 34.2. The first kappa shape index (κ1) is 22.7. The molecule has 1 amide bonds. The highest BCUT2D eigenvalue weighted by atomic mass is 19.1. The van der Waals surface area contributed by atoms with Crippen LogP contribution >= 0.6 is 0 Å². The number of aliphatic hydroxyl groups is 1. The number of nitrogens with zero attached hydrogens (tertiary/aromatic N) is 3. The zero-order valence-electron chi connectivity index (χ0n) is 18.0. The third-order valence-electron chi connectivity index (χ3n) is 5.78. The highest BCUT2D eigenvalue weighted by Crippen LogP contribution is 2.38. The van der Waals surface area contributed by atoms with Crippen LogP contribution in [0.25, 0.3) is 5.52 Å². The zero-order valence-corrected chi connectivity index (χ0v) is 18.0. The van der Waals surface area contributed by atoms with Gasteiger partial charge in [-0.05, 0) is 43.2 Å². The molecular weight excluding hydrogens is 434 g/mol. The van der Waals surface area contributed by atoms with Crippen LogP contribution in [0.15, 0.2) is 42.7 Å². The van der Waals surface area contributed by atoms with Crippen molar-refractivity contribution < 1.29 is 28.2 Å². The summed E-state index contributed by atoms with van der Waals surface area (Å²) in [6.07, 6.45) is 3.29. The Hall–Kier alpha value is -3.53. The van der Waals surface area contributed by atoms with E-state index in [1.54, 1.807) is 12.3 Å². The summed E-state index contributed by atoms with van der Waals surface area (Å²) in [5.74, 6) is -1.98. The molecule has 1 aliphatic heterocycles. The van der Waals surface area contributed by atoms with E-state index in [0.717, 1.165) is 24.2 Å². The van der Waals surface area contributed by atoms with Crippen LogP contribution < -0.4 is 10.2 Å². The first-order valence-corrected chi connectivity index (χ1v) is 10.6. The first-order valence-electron chi connectivity index (χ1n) is 10.6. The van der Waals surface area contributed by atoms with Gasteiger partial charge in [0, 0.05) is 30.5 Å². The molecule has 0 spiro atoms. The van der Waals surface area contributed by atoms with Gasteiger partial charge in [-0.25, -0.2) is 13.3 Å². The van der Waals surface area contributed by atoms with Gasteiger partial charge in [0.05, 0.1) is 43.0 Å². The maximum atomic E-state index is 14.4. The highest BCUT2D eigenvalue weighted by Gasteiger charge is 2.29. The van der Waals surface area contributed by atoms with E-state index >= 15 is 0 Å². The Morgan fingerprint density at radius 1 is 1.30 bits per heavy atom. The molecule has 0 bridgehead atoms. The smallest absolute Gasteiger partial charge is 0.308 e. The molecule has 0 saturated carbocycles. The van der Waals surface area contributed by atoms with Gasteiger partial charge >= 0.3 is 5.97 Å². The normalized spacial score (nSPS) is 16.7. The van der Waals surface area contributed by atoms with E-state index in [4.69, 9.17) is 0 Å². The highest BCUT2D eigenvalue weighted by molar-refractivity contribution is 6.01. The number of hydrogen-bond donors (Lipinski definition) is 2. The summed E-state index contributed by atoms with van der Waals surface area (Å²) in [6.45, 7) is 0.532. The second kappa shape index (κ2) is 9.53. The van der Waals surface area contributed by atoms with Crippen molar-refractivity contribution in [1.82, 2.24) is 14.9 Å². The van der Waals surface area contributed by atoms with Crippen LogP contribution in [0.4, 0.5) is 14.5 Å². The molecule has 1 aliphatic rings. The van der Waals surface area contributed by atoms with E-state index in [1.807, 2.05) is 11.0 Å². The molecule has 10 heteroatoms. The molecule has 3 heterocycles. The number of methoxy groups -OCH3 is 1. The number of aliphatic hydroxyl groups excluding tert-OH is 1. The van der Waals surface area contributed by atoms with E-state index < -0.39 is 29.6 Å². The summed E-state index contributed by atoms with van der Waals surface area (Å²) in [6, 6.07) is 6.74. The average molecular weight is 458 g/mol. The summed E-state index contributed by atoms with van der Waals surface area (Å²) in [5.41, 5.74) is 1.88. The van der Waals surface area contributed by atoms with Crippen LogP contribution in [0.5, 0.6) is 0 Å². The van der Waals surface area contributed by atoms with Gasteiger partial charge in [-0.1, -0.05) is 0 Å². The molecule has 1 saturated heterocycles. The lowest BCUT2D eigenvalue weighted by Gasteiger charge is -2.27. The van der Waals surface area contributed by atoms with Crippen molar-refractivity contribution in [3.63, 3.8) is 0 Å². The number of halogens is 2. The van der Waals surface area contributed by atoms with Crippen LogP contribution in [0.3, 0.4) is 0 Å². The number of nitrogens with one attached hydrogen (secondary N) is 1. The molecule has 1 aromatic carbocycles. The zero-order chi connectivity index (χ0) is 23.5. The van der Waals surface area contributed by atoms with Crippen LogP contribution in [-0.4, -0.2) is 52.9 Å². The monoisotopic (exact) mass is 458 g/mol. The lowest BCUT2D eigenvalue weighted by molar-refractivity contribution is -0.142. The number of anilines is 1. The second-order valence-corrected chi connectivity index (χ2v) is 7.93. The lowest BCUT2D eigenvalue weighted by Crippen LogP contribution is -2.33. The van der Waals surface area contributed by atoms with Gasteiger partial charge in [-0.3, -0.25) is 9.59 Å². The minimum absolute atomic E-state index is 0.127. The van der Waals surface area contributed by atoms with Crippen molar-refractivity contribution in [3.8, 4) is 0 Å². The van der Waals surface area contributed by atoms with Crippen molar-refractivity contribution >= 4 is 23.1 Å². The molecule has 174 valence electrons. The van der Waals surface area contributed by atoms with E-state index in [-0.39, 0.29) is 24.6 Å². The summed E-state index contributed by atoms with van der Waals surface area (Å²) in [4.78, 5) is 25.9. The quantitative estimate of drug-likeness (QED) is 0.529. The molecule has 1 fully saturated rings. The molecule has 4 rings (SSSR count). The van der Waals surface area contributed by atoms with Crippen LogP contribution in [0.2, 0.25) is 0 Å². The number of carbonyl (C=O) groups is 2. The number of benzene rings is 1. The van der Waals surface area contributed by atoms with E-state index in [9.17, 15) is 23.5 Å². The summed E-state index contributed by atoms with van der Waals surface area (Å²) in [7, 11) is 1.22. The Bertz CT molecular complexity index is 1180. The van der Waals surface area contributed by atoms with Gasteiger partial charge < -0.3 is 20.1 Å². The minimum Gasteiger partial charge on any atom is -0.469 e. The third kappa shape index (κ3) is 4.80. The predicted octanol–water partition coefficient (Wildman–Crippen LogP) is 2.61. The van der Waals surface area contributed by atoms with Gasteiger partial charge in [-0.15, -0.1) is 0 Å². The number of hydrogen-bond acceptors (Lipinski definition) is 6. The number of aromatic nitrogens is 2. The standard InChI is InChI=1S/C23H24F2N4O4/c1-33-22(31)11-16(30)12-26-23(32)18-13-27-29-8-6-15(10-21(18)29)28-7-2-3-20(28)17-9-14(24)4-5-19(17)25/h4-6,8-10,13,16,20,30H,2-3,7,11-12H2,1H3,(H,26,32). The first-order chi connectivity index (χ1) is 15.9. The number of amides is 1. The number of ether oxygens (including phenoxy) is 1. The van der Waals surface area contributed by atoms with Crippen LogP contribution in [0, 0.1) is 11.6 Å². The lowest BCUT2D eigenvalue weighted by atomic mass is 10.0. The number of esters is 1. The van der Waals surface area contributed by atoms with Crippen molar-refractivity contribution in [2.75, 3.05) is 25.1 Å². The molecule has 2 unspecified atom stereocenters. The fourth-order valence-electron chi connectivity index (χ4n) is 4.15. The van der Waals surface area contributed by atoms with Crippen molar-refractivity contribution in [2.45, 2.75) is 31.4 Å². The van der Waals surface area contributed by atoms with E-state index in [0.29, 0.717) is 24.0 Å². The average Bonchev–Trinajstić information content (AvgIpc) is 3.45. The fraction of sp³-hybridized carbons (Fsp3) is 0.348. The number of rotatable bonds is 7. The van der Waals surface area contributed by atoms with Gasteiger partial charge in [-0.2, -0.15) is 5.10 Å². The number of fused-ring (bicyclic) bond motifs is 1. The Morgan fingerprint density at radius 2 is 2.12 bits per heavy atom. The van der Waals surface area contributed by atoms with E-state index in [2.05, 4.69) is 15.2 Å². The Labute approximate surface area is 188 Å². The Kier molecular flexibility index (Phi) is 6.55. The molecule has 33 heavy (non-hydrogen) atoms. The van der Waals surface area contributed by atoms with Gasteiger partial charge in [0.15, 0.2) is 0 Å². The predicted molar refractivity (Wildman–Crippen MR) is 116 cm³/mol. The van der Waals surface area contributed by atoms with Crippen molar-refractivity contribution in [1.29, 1.82) is 0 Å². The van der Waals surface area contributed by atoms with Gasteiger partial charge in [0.25, 0.3) is 5.91 Å². The maximum Gasteiger partial charge on any atom is 0.308 e. The Balaban J connectivity index is 1.56. The molecule has 2 N–H and O–H groups in total. The van der Waals surface area contributed by atoms with Crippen LogP contribution in [0.1, 0.15) is 41.2 Å². The SMILES string of the molecule is COC(=O)CC(O)CNC(=O)c1cnn2ccc(N3CCCC3c3cc(F)ccc3F)cc12. The molecule has 0 aliphatic carbocycles. The fourth-order valence-corrected chi connectivity index (χ4v) is 4.15. The van der Waals surface area contributed by atoms with Crippen molar-refractivity contribution in [2.24, 2.45) is 0 Å². The second-order valence-electron chi connectivity index (χ2n) is 7.93. The Morgan fingerprint density at radius 3 is 2.91 bits per heavy atom. The maximum absolute atomic E-state index is 14.4. The van der Waals surface area contributed by atoms with Crippen LogP contribution in [-0.2, 0) is 9.53 Å². The molecule has 3 aromatic rings. The van der Waals surface area contributed by atoms with Gasteiger partial charge in [0.1, 0.15) is 11.6 Å². The summed E-state index contributed by atoms with van der Waals surface area (Å²) in [5, 5.41) is 16.7. The molecule has 2 atom stereocenters. The minimum atomic E-state index is -1.08. The molecule has 0 radical (unpaired) electrons. The number of pyridine rings is 1. The summed E-state index contributed by atoms with van der Waals surface area (Å²) >= 11 is 0. The van der Waals surface area contributed by atoms with Gasteiger partial charge in [0.2, 0.25) is 0 Å². The molecule has 8 nitrogen and oxygen atoms in total. The molecule has 2 aromatic heterocycles. The largest absolute Gasteiger partial charge is 0.469 e. The third-order valence-corrected chi connectivity index (χ3v) is 5.78.